The predicted molar refractivity (Wildman–Crippen MR) is 67.5 cm³/mol. The van der Waals surface area contributed by atoms with Crippen LogP contribution in [0.1, 0.15) is 0 Å². The molecule has 0 heterocycles. The topological polar surface area (TPSA) is 55.1 Å². The maximum atomic E-state index is 10.7. The van der Waals surface area contributed by atoms with E-state index in [2.05, 4.69) is 5.32 Å². The van der Waals surface area contributed by atoms with Crippen molar-refractivity contribution in [2.24, 2.45) is 5.73 Å². The van der Waals surface area contributed by atoms with E-state index in [-0.39, 0.29) is 13.5 Å². The number of amides is 2. The molecular formula is C11H12N2OS. The first kappa shape index (κ1) is 11.4. The Morgan fingerprint density at radius 1 is 1.07 bits per heavy atom. The molecule has 0 saturated heterocycles. The third kappa shape index (κ3) is 2.41. The number of anilines is 1. The summed E-state index contributed by atoms with van der Waals surface area (Å²) in [6.45, 7) is 0. The minimum Gasteiger partial charge on any atom is -0.351 e. The Labute approximate surface area is 94.7 Å². The van der Waals surface area contributed by atoms with Gasteiger partial charge in [0.25, 0.3) is 0 Å². The van der Waals surface area contributed by atoms with Gasteiger partial charge >= 0.3 is 6.03 Å². The number of carbonyl (C=O) groups excluding carboxylic acids is 1. The summed E-state index contributed by atoms with van der Waals surface area (Å²) in [6.07, 6.45) is 0. The minimum atomic E-state index is -0.540. The highest BCUT2D eigenvalue weighted by atomic mass is 32.1. The number of nitrogens with two attached hydrogens (primary N) is 1. The fourth-order valence-electron chi connectivity index (χ4n) is 1.47. The Balaban J connectivity index is 0.00000112. The number of carbonyl (C=O) groups is 1. The van der Waals surface area contributed by atoms with E-state index in [0.29, 0.717) is 0 Å². The van der Waals surface area contributed by atoms with E-state index in [1.807, 2.05) is 42.5 Å². The fourth-order valence-corrected chi connectivity index (χ4v) is 1.47. The number of fused-ring (bicyclic) bond motifs is 1. The van der Waals surface area contributed by atoms with Crippen LogP contribution in [0.25, 0.3) is 10.8 Å². The Morgan fingerprint density at radius 2 is 1.73 bits per heavy atom. The van der Waals surface area contributed by atoms with Crippen LogP contribution in [0, 0.1) is 0 Å². The monoisotopic (exact) mass is 220 g/mol. The van der Waals surface area contributed by atoms with Crippen LogP contribution in [0.5, 0.6) is 0 Å². The molecule has 4 heteroatoms. The second-order valence-electron chi connectivity index (χ2n) is 3.02. The van der Waals surface area contributed by atoms with Crippen molar-refractivity contribution in [3.05, 3.63) is 42.5 Å². The number of benzene rings is 2. The highest BCUT2D eigenvalue weighted by Crippen LogP contribution is 2.22. The van der Waals surface area contributed by atoms with Gasteiger partial charge in [-0.3, -0.25) is 0 Å². The summed E-state index contributed by atoms with van der Waals surface area (Å²) >= 11 is 0. The Hall–Kier alpha value is -1.68. The molecule has 0 unspecified atom stereocenters. The van der Waals surface area contributed by atoms with Crippen molar-refractivity contribution in [2.75, 3.05) is 5.32 Å². The van der Waals surface area contributed by atoms with Crippen molar-refractivity contribution in [1.29, 1.82) is 0 Å². The molecule has 2 aromatic carbocycles. The molecule has 2 amide bonds. The second kappa shape index (κ2) is 4.70. The van der Waals surface area contributed by atoms with Crippen molar-refractivity contribution in [3.8, 4) is 0 Å². The lowest BCUT2D eigenvalue weighted by molar-refractivity contribution is 0.259. The van der Waals surface area contributed by atoms with Crippen molar-refractivity contribution in [3.63, 3.8) is 0 Å². The van der Waals surface area contributed by atoms with Crippen LogP contribution in [0.3, 0.4) is 0 Å². The van der Waals surface area contributed by atoms with E-state index in [4.69, 9.17) is 5.73 Å². The van der Waals surface area contributed by atoms with Crippen LogP contribution in [0.2, 0.25) is 0 Å². The normalized spacial score (nSPS) is 9.33. The largest absolute Gasteiger partial charge is 0.351 e. The summed E-state index contributed by atoms with van der Waals surface area (Å²) in [5, 5.41) is 4.66. The molecule has 78 valence electrons. The average Bonchev–Trinajstić information content (AvgIpc) is 2.18. The van der Waals surface area contributed by atoms with Crippen molar-refractivity contribution in [1.82, 2.24) is 0 Å². The number of hydrogen-bond donors (Lipinski definition) is 2. The van der Waals surface area contributed by atoms with E-state index in [9.17, 15) is 4.79 Å². The minimum absolute atomic E-state index is 0. The molecule has 0 radical (unpaired) electrons. The molecule has 0 aliphatic rings. The molecule has 0 aromatic heterocycles. The van der Waals surface area contributed by atoms with Gasteiger partial charge in [0.05, 0.1) is 5.69 Å². The highest BCUT2D eigenvalue weighted by molar-refractivity contribution is 7.59. The molecule has 0 aliphatic carbocycles. The summed E-state index contributed by atoms with van der Waals surface area (Å²) in [6, 6.07) is 13.0. The van der Waals surface area contributed by atoms with Gasteiger partial charge in [0, 0.05) is 5.39 Å². The van der Waals surface area contributed by atoms with E-state index in [1.165, 1.54) is 0 Å². The maximum absolute atomic E-state index is 10.7. The van der Waals surface area contributed by atoms with Gasteiger partial charge < -0.3 is 11.1 Å². The summed E-state index contributed by atoms with van der Waals surface area (Å²) in [7, 11) is 0. The smallest absolute Gasteiger partial charge is 0.316 e. The van der Waals surface area contributed by atoms with Crippen LogP contribution in [-0.4, -0.2) is 6.03 Å². The standard InChI is InChI=1S/C11H10N2O.H2S/c12-11(14)13-10-7-3-5-8-4-1-2-6-9(8)10;/h1-7H,(H3,12,13,14);1H2. The molecule has 2 rings (SSSR count). The van der Waals surface area contributed by atoms with E-state index in [1.54, 1.807) is 0 Å². The molecule has 2 aromatic rings. The first-order valence-electron chi connectivity index (χ1n) is 4.31. The van der Waals surface area contributed by atoms with Gasteiger partial charge in [0.2, 0.25) is 0 Å². The zero-order chi connectivity index (χ0) is 9.97. The van der Waals surface area contributed by atoms with Crippen molar-refractivity contribution >= 4 is 36.0 Å². The Kier molecular flexibility index (Phi) is 3.57. The Morgan fingerprint density at radius 3 is 2.47 bits per heavy atom. The van der Waals surface area contributed by atoms with Gasteiger partial charge in [-0.1, -0.05) is 36.4 Å². The first-order chi connectivity index (χ1) is 6.77. The van der Waals surface area contributed by atoms with Gasteiger partial charge in [-0.25, -0.2) is 4.79 Å². The summed E-state index contributed by atoms with van der Waals surface area (Å²) in [5.41, 5.74) is 5.81. The zero-order valence-corrected chi connectivity index (χ0v) is 9.03. The van der Waals surface area contributed by atoms with Gasteiger partial charge in [-0.05, 0) is 11.5 Å². The summed E-state index contributed by atoms with van der Waals surface area (Å²) in [5.74, 6) is 0. The van der Waals surface area contributed by atoms with Crippen LogP contribution in [0.4, 0.5) is 10.5 Å². The first-order valence-corrected chi connectivity index (χ1v) is 4.31. The number of hydrogen-bond acceptors (Lipinski definition) is 1. The predicted octanol–water partition coefficient (Wildman–Crippen LogP) is 2.44. The Bertz CT molecular complexity index is 479. The molecule has 0 bridgehead atoms. The third-order valence-electron chi connectivity index (χ3n) is 2.05. The third-order valence-corrected chi connectivity index (χ3v) is 2.05. The number of urea groups is 1. The quantitative estimate of drug-likeness (QED) is 0.762. The van der Waals surface area contributed by atoms with E-state index in [0.717, 1.165) is 16.5 Å². The molecular weight excluding hydrogens is 208 g/mol. The lowest BCUT2D eigenvalue weighted by atomic mass is 10.1. The van der Waals surface area contributed by atoms with Crippen molar-refractivity contribution < 1.29 is 4.79 Å². The molecule has 0 atom stereocenters. The van der Waals surface area contributed by atoms with Crippen molar-refractivity contribution in [2.45, 2.75) is 0 Å². The lowest BCUT2D eigenvalue weighted by Crippen LogP contribution is -2.19. The highest BCUT2D eigenvalue weighted by Gasteiger charge is 2.00. The zero-order valence-electron chi connectivity index (χ0n) is 8.03. The van der Waals surface area contributed by atoms with Gasteiger partial charge in [0.15, 0.2) is 0 Å². The van der Waals surface area contributed by atoms with E-state index < -0.39 is 6.03 Å². The molecule has 0 saturated carbocycles. The number of primary amides is 1. The molecule has 15 heavy (non-hydrogen) atoms. The van der Waals surface area contributed by atoms with Gasteiger partial charge in [-0.2, -0.15) is 13.5 Å². The number of rotatable bonds is 1. The average molecular weight is 220 g/mol. The van der Waals surface area contributed by atoms with E-state index >= 15 is 0 Å². The van der Waals surface area contributed by atoms with Crippen LogP contribution in [-0.2, 0) is 0 Å². The molecule has 0 aliphatic heterocycles. The molecule has 3 nitrogen and oxygen atoms in total. The molecule has 0 spiro atoms. The van der Waals surface area contributed by atoms with Crippen LogP contribution in [0.15, 0.2) is 42.5 Å². The maximum Gasteiger partial charge on any atom is 0.316 e. The number of nitrogens with one attached hydrogen (secondary N) is 1. The summed E-state index contributed by atoms with van der Waals surface area (Å²) < 4.78 is 0. The van der Waals surface area contributed by atoms with Gasteiger partial charge in [0.1, 0.15) is 0 Å². The van der Waals surface area contributed by atoms with Gasteiger partial charge in [-0.15, -0.1) is 0 Å². The molecule has 3 N–H and O–H groups in total. The lowest BCUT2D eigenvalue weighted by Gasteiger charge is -2.05. The van der Waals surface area contributed by atoms with Crippen LogP contribution < -0.4 is 11.1 Å². The molecule has 0 fully saturated rings. The fraction of sp³-hybridized carbons (Fsp3) is 0. The second-order valence-corrected chi connectivity index (χ2v) is 3.02. The SMILES string of the molecule is NC(=O)Nc1cccc2ccccc12.S. The summed E-state index contributed by atoms with van der Waals surface area (Å²) in [4.78, 5) is 10.7. The van der Waals surface area contributed by atoms with Crippen LogP contribution >= 0.6 is 13.5 Å².